The van der Waals surface area contributed by atoms with Crippen molar-refractivity contribution in [3.63, 3.8) is 0 Å². The molecule has 7 heteroatoms. The van der Waals surface area contributed by atoms with E-state index in [1.54, 1.807) is 0 Å². The number of carbonyl (C=O) groups is 1. The van der Waals surface area contributed by atoms with E-state index in [1.807, 2.05) is 6.07 Å². The normalized spacial score (nSPS) is 25.7. The highest BCUT2D eigenvalue weighted by atomic mass is 35.5. The Kier molecular flexibility index (Phi) is 8.84. The zero-order valence-electron chi connectivity index (χ0n) is 13.7. The second-order valence-corrected chi connectivity index (χ2v) is 6.24. The molecule has 0 aromatic heterocycles. The predicted molar refractivity (Wildman–Crippen MR) is 101 cm³/mol. The molecule has 24 heavy (non-hydrogen) atoms. The van der Waals surface area contributed by atoms with E-state index in [0.29, 0.717) is 12.5 Å². The molecular weight excluding hydrogens is 349 g/mol. The molecule has 2 aliphatic rings. The van der Waals surface area contributed by atoms with Crippen LogP contribution < -0.4 is 16.0 Å². The van der Waals surface area contributed by atoms with Gasteiger partial charge in [-0.15, -0.1) is 24.8 Å². The SMILES string of the molecule is Cl.Cl.NC[C@H]1CC[C@@H](C(=O)NCC2CCN(c3ccccc3)C2)O1. The number of benzene rings is 1. The molecule has 0 aliphatic carbocycles. The van der Waals surface area contributed by atoms with Gasteiger partial charge in [-0.2, -0.15) is 0 Å². The highest BCUT2D eigenvalue weighted by Gasteiger charge is 2.30. The molecule has 0 radical (unpaired) electrons. The van der Waals surface area contributed by atoms with E-state index in [4.69, 9.17) is 10.5 Å². The van der Waals surface area contributed by atoms with Crippen LogP contribution in [0.5, 0.6) is 0 Å². The van der Waals surface area contributed by atoms with Crippen LogP contribution in [0.3, 0.4) is 0 Å². The number of hydrogen-bond donors (Lipinski definition) is 2. The quantitative estimate of drug-likeness (QED) is 0.825. The molecule has 5 nitrogen and oxygen atoms in total. The van der Waals surface area contributed by atoms with E-state index in [9.17, 15) is 4.79 Å². The van der Waals surface area contributed by atoms with Crippen molar-refractivity contribution < 1.29 is 9.53 Å². The first kappa shape index (κ1) is 21.0. The monoisotopic (exact) mass is 375 g/mol. The van der Waals surface area contributed by atoms with Crippen LogP contribution in [-0.2, 0) is 9.53 Å². The van der Waals surface area contributed by atoms with Crippen molar-refractivity contribution in [2.75, 3.05) is 31.1 Å². The summed E-state index contributed by atoms with van der Waals surface area (Å²) in [6.07, 6.45) is 2.54. The fraction of sp³-hybridized carbons (Fsp3) is 0.588. The number of anilines is 1. The molecule has 3 rings (SSSR count). The van der Waals surface area contributed by atoms with Gasteiger partial charge in [-0.05, 0) is 37.3 Å². The molecule has 0 saturated carbocycles. The van der Waals surface area contributed by atoms with Gasteiger partial charge in [0.1, 0.15) is 6.10 Å². The Morgan fingerprint density at radius 1 is 1.21 bits per heavy atom. The molecule has 1 aromatic carbocycles. The Bertz CT molecular complexity index is 504. The van der Waals surface area contributed by atoms with E-state index in [-0.39, 0.29) is 42.9 Å². The molecule has 136 valence electrons. The largest absolute Gasteiger partial charge is 0.371 e. The lowest BCUT2D eigenvalue weighted by molar-refractivity contribution is -0.132. The molecule has 2 saturated heterocycles. The minimum absolute atomic E-state index is 0. The fourth-order valence-corrected chi connectivity index (χ4v) is 3.30. The van der Waals surface area contributed by atoms with Gasteiger partial charge >= 0.3 is 0 Å². The Labute approximate surface area is 156 Å². The third-order valence-corrected chi connectivity index (χ3v) is 4.64. The molecule has 1 aromatic rings. The van der Waals surface area contributed by atoms with Crippen LogP contribution in [-0.4, -0.2) is 44.3 Å². The lowest BCUT2D eigenvalue weighted by atomic mass is 10.1. The van der Waals surface area contributed by atoms with Crippen molar-refractivity contribution >= 4 is 36.4 Å². The first-order valence-corrected chi connectivity index (χ1v) is 8.19. The summed E-state index contributed by atoms with van der Waals surface area (Å²) in [7, 11) is 0. The zero-order chi connectivity index (χ0) is 15.4. The summed E-state index contributed by atoms with van der Waals surface area (Å²) >= 11 is 0. The van der Waals surface area contributed by atoms with Gasteiger partial charge in [0.25, 0.3) is 0 Å². The van der Waals surface area contributed by atoms with Crippen molar-refractivity contribution in [3.05, 3.63) is 30.3 Å². The van der Waals surface area contributed by atoms with Crippen molar-refractivity contribution in [2.24, 2.45) is 11.7 Å². The van der Waals surface area contributed by atoms with Gasteiger partial charge in [0.05, 0.1) is 6.10 Å². The number of nitrogens with zero attached hydrogens (tertiary/aromatic N) is 1. The van der Waals surface area contributed by atoms with Crippen molar-refractivity contribution in [1.82, 2.24) is 5.32 Å². The number of rotatable bonds is 5. The summed E-state index contributed by atoms with van der Waals surface area (Å²) < 4.78 is 5.63. The third-order valence-electron chi connectivity index (χ3n) is 4.64. The predicted octanol–water partition coefficient (Wildman–Crippen LogP) is 1.98. The maximum Gasteiger partial charge on any atom is 0.249 e. The summed E-state index contributed by atoms with van der Waals surface area (Å²) in [6, 6.07) is 10.4. The highest BCUT2D eigenvalue weighted by Crippen LogP contribution is 2.23. The van der Waals surface area contributed by atoms with E-state index in [1.165, 1.54) is 5.69 Å². The highest BCUT2D eigenvalue weighted by molar-refractivity contribution is 5.85. The van der Waals surface area contributed by atoms with Crippen LogP contribution in [0.2, 0.25) is 0 Å². The van der Waals surface area contributed by atoms with Crippen molar-refractivity contribution in [1.29, 1.82) is 0 Å². The van der Waals surface area contributed by atoms with Gasteiger partial charge in [0.15, 0.2) is 0 Å². The van der Waals surface area contributed by atoms with E-state index >= 15 is 0 Å². The number of ether oxygens (including phenoxy) is 1. The molecule has 3 N–H and O–H groups in total. The number of hydrogen-bond acceptors (Lipinski definition) is 4. The first-order valence-electron chi connectivity index (χ1n) is 8.19. The standard InChI is InChI=1S/C17H25N3O2.2ClH/c18-10-15-6-7-16(22-15)17(21)19-11-13-8-9-20(12-13)14-4-2-1-3-5-14;;/h1-5,13,15-16H,6-12,18H2,(H,19,21);2*1H/t13?,15-,16+;;/m1../s1. The minimum atomic E-state index is -0.305. The summed E-state index contributed by atoms with van der Waals surface area (Å²) in [6.45, 7) is 3.29. The van der Waals surface area contributed by atoms with Gasteiger partial charge in [0.2, 0.25) is 5.91 Å². The average Bonchev–Trinajstić information content (AvgIpc) is 3.22. The average molecular weight is 376 g/mol. The number of carbonyl (C=O) groups excluding carboxylic acids is 1. The van der Waals surface area contributed by atoms with Gasteiger partial charge in [-0.1, -0.05) is 18.2 Å². The molecular formula is C17H27Cl2N3O2. The fourth-order valence-electron chi connectivity index (χ4n) is 3.30. The Hall–Kier alpha value is -1.01. The molecule has 0 spiro atoms. The lowest BCUT2D eigenvalue weighted by Crippen LogP contribution is -2.38. The molecule has 0 bridgehead atoms. The van der Waals surface area contributed by atoms with Gasteiger partial charge in [-0.25, -0.2) is 0 Å². The van der Waals surface area contributed by atoms with Crippen molar-refractivity contribution in [2.45, 2.75) is 31.5 Å². The maximum atomic E-state index is 12.1. The first-order chi connectivity index (χ1) is 10.8. The van der Waals surface area contributed by atoms with Crippen LogP contribution in [0.15, 0.2) is 30.3 Å². The maximum absolute atomic E-state index is 12.1. The van der Waals surface area contributed by atoms with Crippen LogP contribution >= 0.6 is 24.8 Å². The number of halogens is 2. The van der Waals surface area contributed by atoms with Crippen LogP contribution in [0.25, 0.3) is 0 Å². The summed E-state index contributed by atoms with van der Waals surface area (Å²) in [5.74, 6) is 0.532. The van der Waals surface area contributed by atoms with Gasteiger partial charge in [0, 0.05) is 31.9 Å². The Balaban J connectivity index is 0.00000144. The summed E-state index contributed by atoms with van der Waals surface area (Å²) in [5, 5.41) is 3.05. The van der Waals surface area contributed by atoms with Crippen LogP contribution in [0.1, 0.15) is 19.3 Å². The van der Waals surface area contributed by atoms with E-state index in [2.05, 4.69) is 34.5 Å². The molecule has 2 aliphatic heterocycles. The number of nitrogens with two attached hydrogens (primary N) is 1. The number of para-hydroxylation sites is 1. The topological polar surface area (TPSA) is 67.6 Å². The van der Waals surface area contributed by atoms with E-state index < -0.39 is 0 Å². The summed E-state index contributed by atoms with van der Waals surface area (Å²) in [5.41, 5.74) is 6.84. The second-order valence-electron chi connectivity index (χ2n) is 6.24. The lowest BCUT2D eigenvalue weighted by Gasteiger charge is -2.19. The molecule has 3 atom stereocenters. The van der Waals surface area contributed by atoms with Crippen LogP contribution in [0, 0.1) is 5.92 Å². The molecule has 2 fully saturated rings. The second kappa shape index (κ2) is 10.1. The number of nitrogens with one attached hydrogen (secondary N) is 1. The van der Waals surface area contributed by atoms with Gasteiger partial charge < -0.3 is 20.7 Å². The number of amides is 1. The zero-order valence-corrected chi connectivity index (χ0v) is 15.4. The Morgan fingerprint density at radius 2 is 1.96 bits per heavy atom. The smallest absolute Gasteiger partial charge is 0.249 e. The summed E-state index contributed by atoms with van der Waals surface area (Å²) in [4.78, 5) is 14.5. The van der Waals surface area contributed by atoms with E-state index in [0.717, 1.165) is 38.9 Å². The molecule has 1 amide bonds. The molecule has 2 heterocycles. The third kappa shape index (κ3) is 5.24. The van der Waals surface area contributed by atoms with Crippen molar-refractivity contribution in [3.8, 4) is 0 Å². The van der Waals surface area contributed by atoms with Crippen LogP contribution in [0.4, 0.5) is 5.69 Å². The molecule has 1 unspecified atom stereocenters. The minimum Gasteiger partial charge on any atom is -0.371 e. The Morgan fingerprint density at radius 3 is 2.62 bits per heavy atom. The van der Waals surface area contributed by atoms with Gasteiger partial charge in [-0.3, -0.25) is 4.79 Å².